The fourth-order valence-electron chi connectivity index (χ4n) is 7.57. The number of aromatic nitrogens is 4. The van der Waals surface area contributed by atoms with Gasteiger partial charge in [0.15, 0.2) is 17.5 Å². The molecule has 4 heterocycles. The summed E-state index contributed by atoms with van der Waals surface area (Å²) in [5.41, 5.74) is 5.74. The Morgan fingerprint density at radius 2 is 1.68 bits per heavy atom. The van der Waals surface area contributed by atoms with Crippen LogP contribution in [0.2, 0.25) is 0 Å². The summed E-state index contributed by atoms with van der Waals surface area (Å²) in [4.78, 5) is 34.6. The van der Waals surface area contributed by atoms with Crippen molar-refractivity contribution in [1.29, 1.82) is 5.26 Å². The Morgan fingerprint density at radius 3 is 2.39 bits per heavy atom. The van der Waals surface area contributed by atoms with E-state index in [2.05, 4.69) is 31.3 Å². The molecule has 0 radical (unpaired) electrons. The topological polar surface area (TPSA) is 184 Å². The molecule has 1 aliphatic heterocycles. The van der Waals surface area contributed by atoms with Gasteiger partial charge in [0.2, 0.25) is 0 Å². The summed E-state index contributed by atoms with van der Waals surface area (Å²) in [6, 6.07) is 20.2. The van der Waals surface area contributed by atoms with Crippen LogP contribution < -0.4 is 10.0 Å². The molecule has 8 rings (SSSR count). The molecule has 0 fully saturated rings. The van der Waals surface area contributed by atoms with Gasteiger partial charge in [-0.25, -0.2) is 17.2 Å². The predicted octanol–water partition coefficient (Wildman–Crippen LogP) is 8.09. The van der Waals surface area contributed by atoms with Crippen LogP contribution in [0, 0.1) is 50.7 Å². The normalized spacial score (nSPS) is 13.5. The lowest BCUT2D eigenvalue weighted by molar-refractivity contribution is -0.141. The van der Waals surface area contributed by atoms with Gasteiger partial charge in [-0.1, -0.05) is 48.5 Å². The summed E-state index contributed by atoms with van der Waals surface area (Å²) in [5.74, 6) is -2.60. The molecule has 0 spiro atoms. The lowest BCUT2D eigenvalue weighted by atomic mass is 9.96. The molecule has 1 amide bonds. The van der Waals surface area contributed by atoms with E-state index in [0.29, 0.717) is 56.2 Å². The van der Waals surface area contributed by atoms with Crippen molar-refractivity contribution in [3.63, 3.8) is 0 Å². The number of nitrogens with one attached hydrogen (secondary N) is 3. The molecular weight excluding hydrogens is 835 g/mol. The molecule has 3 aromatic heterocycles. The molecule has 314 valence electrons. The Balaban J connectivity index is 0.950. The van der Waals surface area contributed by atoms with Crippen LogP contribution in [0.5, 0.6) is 0 Å². The van der Waals surface area contributed by atoms with E-state index < -0.39 is 45.1 Å². The SMILES string of the molecule is COC(=O)C[C@@H]1N=C(c2ccc(-c3ccc(C(=O)NCCc4ccc(S(=O)(=O)Nc5ccc(C)c6c(C#N)c[nH]c56)cc4)c(F)c3F)cc2)c2c(sc(C)c2C)-n2c(C)nnc21. The highest BCUT2D eigenvalue weighted by atomic mass is 32.2. The van der Waals surface area contributed by atoms with Gasteiger partial charge in [0.1, 0.15) is 22.9 Å². The summed E-state index contributed by atoms with van der Waals surface area (Å²) >= 11 is 1.56. The number of esters is 1. The summed E-state index contributed by atoms with van der Waals surface area (Å²) < 4.78 is 67.2. The first-order valence-electron chi connectivity index (χ1n) is 19.4. The first-order valence-corrected chi connectivity index (χ1v) is 21.7. The number of thiophene rings is 1. The fraction of sp³-hybridized carbons (Fsp3) is 0.200. The van der Waals surface area contributed by atoms with Crippen LogP contribution in [0.25, 0.3) is 27.0 Å². The lowest BCUT2D eigenvalue weighted by Gasteiger charge is -2.13. The van der Waals surface area contributed by atoms with Gasteiger partial charge in [0, 0.05) is 39.7 Å². The number of rotatable bonds is 11. The molecule has 0 bridgehead atoms. The van der Waals surface area contributed by atoms with Crippen LogP contribution >= 0.6 is 11.3 Å². The number of anilines is 1. The zero-order chi connectivity index (χ0) is 44.0. The van der Waals surface area contributed by atoms with Crippen molar-refractivity contribution in [1.82, 2.24) is 25.1 Å². The molecule has 7 aromatic rings. The van der Waals surface area contributed by atoms with Gasteiger partial charge >= 0.3 is 5.97 Å². The third-order valence-corrected chi connectivity index (χ3v) is 13.5. The monoisotopic (exact) mass is 872 g/mol. The average molecular weight is 873 g/mol. The van der Waals surface area contributed by atoms with Gasteiger partial charge in [-0.15, -0.1) is 21.5 Å². The molecule has 0 saturated carbocycles. The quantitative estimate of drug-likeness (QED) is 0.109. The second-order valence-corrected chi connectivity index (χ2v) is 17.7. The predicted molar refractivity (Wildman–Crippen MR) is 231 cm³/mol. The van der Waals surface area contributed by atoms with Crippen molar-refractivity contribution < 1.29 is 31.5 Å². The Kier molecular flexibility index (Phi) is 11.1. The minimum absolute atomic E-state index is 0.00353. The van der Waals surface area contributed by atoms with Crippen molar-refractivity contribution in [2.45, 2.75) is 51.5 Å². The summed E-state index contributed by atoms with van der Waals surface area (Å²) in [6.07, 6.45) is 1.75. The van der Waals surface area contributed by atoms with Crippen LogP contribution in [-0.4, -0.2) is 59.4 Å². The number of aromatic amines is 1. The molecule has 0 saturated heterocycles. The number of nitriles is 1. The van der Waals surface area contributed by atoms with Gasteiger partial charge in [-0.3, -0.25) is 23.9 Å². The maximum absolute atomic E-state index is 15.7. The molecule has 1 atom stereocenters. The summed E-state index contributed by atoms with van der Waals surface area (Å²) in [6.45, 7) is 7.75. The Hall–Kier alpha value is -7.03. The van der Waals surface area contributed by atoms with Crippen molar-refractivity contribution in [2.75, 3.05) is 18.4 Å². The van der Waals surface area contributed by atoms with Crippen molar-refractivity contribution in [2.24, 2.45) is 4.99 Å². The minimum atomic E-state index is -3.99. The number of aryl methyl sites for hydroxylation is 3. The maximum Gasteiger partial charge on any atom is 0.308 e. The number of hydrogen-bond acceptors (Lipinski definition) is 10. The first kappa shape index (κ1) is 41.7. The van der Waals surface area contributed by atoms with Gasteiger partial charge in [-0.05, 0) is 80.6 Å². The Morgan fingerprint density at radius 1 is 0.952 bits per heavy atom. The van der Waals surface area contributed by atoms with E-state index in [4.69, 9.17) is 9.73 Å². The smallest absolute Gasteiger partial charge is 0.308 e. The number of halogens is 2. The van der Waals surface area contributed by atoms with Gasteiger partial charge in [0.05, 0.1) is 46.5 Å². The summed E-state index contributed by atoms with van der Waals surface area (Å²) in [5, 5.41) is 22.2. The van der Waals surface area contributed by atoms with E-state index in [9.17, 15) is 23.3 Å². The van der Waals surface area contributed by atoms with E-state index in [1.807, 2.05) is 32.3 Å². The van der Waals surface area contributed by atoms with Crippen LogP contribution in [0.4, 0.5) is 14.5 Å². The fourth-order valence-corrected chi connectivity index (χ4v) is 9.86. The minimum Gasteiger partial charge on any atom is -0.469 e. The number of nitrogens with zero attached hydrogens (tertiary/aromatic N) is 5. The maximum atomic E-state index is 15.7. The molecule has 13 nitrogen and oxygen atoms in total. The highest BCUT2D eigenvalue weighted by Gasteiger charge is 2.33. The third kappa shape index (κ3) is 7.52. The van der Waals surface area contributed by atoms with Crippen LogP contribution in [0.1, 0.15) is 72.7 Å². The highest BCUT2D eigenvalue weighted by molar-refractivity contribution is 7.92. The lowest BCUT2D eigenvalue weighted by Crippen LogP contribution is -2.27. The Bertz CT molecular complexity index is 3130. The number of amides is 1. The van der Waals surface area contributed by atoms with Crippen molar-refractivity contribution in [3.05, 3.63) is 146 Å². The average Bonchev–Trinajstić information content (AvgIpc) is 3.94. The number of carbonyl (C=O) groups excluding carboxylic acids is 2. The van der Waals surface area contributed by atoms with Crippen molar-refractivity contribution >= 4 is 55.5 Å². The zero-order valence-corrected chi connectivity index (χ0v) is 35.7. The number of ether oxygens (including phenoxy) is 1. The van der Waals surface area contributed by atoms with E-state index in [1.54, 1.807) is 59.9 Å². The van der Waals surface area contributed by atoms with E-state index in [-0.39, 0.29) is 29.8 Å². The number of hydrogen-bond donors (Lipinski definition) is 3. The zero-order valence-electron chi connectivity index (χ0n) is 34.1. The standard InChI is InChI=1S/C45H38F2N8O5S2/c1-23-6-17-34(42-37(23)30(21-48)22-50-42)54-62(58,59)31-13-7-27(8-14-31)18-19-49-44(57)33-16-15-32(39(46)40(33)47)28-9-11-29(12-10-28)41-38-24(2)25(3)61-45(38)55-26(4)52-53-43(55)35(51-41)20-36(56)60-5/h6-17,22,35,50,54H,18-20H2,1-5H3,(H,49,57)/t35-/m0/s1. The van der Waals surface area contributed by atoms with E-state index in [1.165, 1.54) is 37.6 Å². The number of aliphatic imine (C=N–C) groups is 1. The van der Waals surface area contributed by atoms with E-state index >= 15 is 8.78 Å². The second-order valence-electron chi connectivity index (χ2n) is 14.8. The van der Waals surface area contributed by atoms with Gasteiger partial charge < -0.3 is 15.0 Å². The van der Waals surface area contributed by atoms with Gasteiger partial charge in [-0.2, -0.15) is 5.26 Å². The number of fused-ring (bicyclic) bond motifs is 4. The molecular formula is C45H38F2N8O5S2. The molecule has 0 unspecified atom stereocenters. The molecule has 62 heavy (non-hydrogen) atoms. The van der Waals surface area contributed by atoms with Crippen LogP contribution in [0.15, 0.2) is 88.9 Å². The summed E-state index contributed by atoms with van der Waals surface area (Å²) in [7, 11) is -2.68. The van der Waals surface area contributed by atoms with Gasteiger partial charge in [0.25, 0.3) is 15.9 Å². The van der Waals surface area contributed by atoms with Crippen LogP contribution in [-0.2, 0) is 26.0 Å². The highest BCUT2D eigenvalue weighted by Crippen LogP contribution is 2.40. The molecule has 1 aliphatic rings. The first-order chi connectivity index (χ1) is 29.7. The largest absolute Gasteiger partial charge is 0.469 e. The van der Waals surface area contributed by atoms with Crippen LogP contribution in [0.3, 0.4) is 0 Å². The van der Waals surface area contributed by atoms with E-state index in [0.717, 1.165) is 26.6 Å². The molecule has 3 N–H and O–H groups in total. The number of H-pyrrole nitrogens is 1. The number of sulfonamides is 1. The molecule has 4 aromatic carbocycles. The molecule has 0 aliphatic carbocycles. The van der Waals surface area contributed by atoms with Crippen molar-refractivity contribution in [3.8, 4) is 22.2 Å². The second kappa shape index (κ2) is 16.4. The molecule has 17 heteroatoms. The number of benzene rings is 4. The Labute approximate surface area is 359 Å². The number of carbonyl (C=O) groups is 2. The number of methoxy groups -OCH3 is 1. The third-order valence-electron chi connectivity index (χ3n) is 11.0.